The highest BCUT2D eigenvalue weighted by molar-refractivity contribution is 6.35. The van der Waals surface area contributed by atoms with E-state index < -0.39 is 5.97 Å². The average Bonchev–Trinajstić information content (AvgIpc) is 2.27. The molecule has 0 unspecified atom stereocenters. The van der Waals surface area contributed by atoms with Gasteiger partial charge in [-0.1, -0.05) is 29.8 Å². The number of pyridine rings is 1. The highest BCUT2D eigenvalue weighted by Gasteiger charge is 2.00. The Morgan fingerprint density at radius 3 is 2.88 bits per heavy atom. The molecular formula is C12H8ClNO2. The summed E-state index contributed by atoms with van der Waals surface area (Å²) in [5.41, 5.74) is 1.25. The molecule has 0 radical (unpaired) electrons. The number of halogens is 1. The topological polar surface area (TPSA) is 50.2 Å². The number of benzene rings is 1. The Hall–Kier alpha value is -1.87. The minimum Gasteiger partial charge on any atom is -0.478 e. The van der Waals surface area contributed by atoms with Crippen molar-refractivity contribution in [2.75, 3.05) is 0 Å². The molecule has 4 heteroatoms. The van der Waals surface area contributed by atoms with Gasteiger partial charge in [-0.3, -0.25) is 0 Å². The molecule has 0 aliphatic carbocycles. The smallest absolute Gasteiger partial charge is 0.328 e. The third-order valence-electron chi connectivity index (χ3n) is 2.09. The van der Waals surface area contributed by atoms with Crippen molar-refractivity contribution < 1.29 is 9.90 Å². The van der Waals surface area contributed by atoms with Gasteiger partial charge in [0, 0.05) is 11.5 Å². The molecule has 0 spiro atoms. The summed E-state index contributed by atoms with van der Waals surface area (Å²) in [5, 5.41) is 9.99. The average molecular weight is 234 g/mol. The number of fused-ring (bicyclic) bond motifs is 1. The maximum absolute atomic E-state index is 10.4. The molecule has 3 nitrogen and oxygen atoms in total. The normalized spacial score (nSPS) is 11.1. The highest BCUT2D eigenvalue weighted by Crippen LogP contribution is 2.21. The fourth-order valence-electron chi connectivity index (χ4n) is 1.38. The van der Waals surface area contributed by atoms with E-state index in [0.29, 0.717) is 16.2 Å². The van der Waals surface area contributed by atoms with E-state index in [9.17, 15) is 4.79 Å². The van der Waals surface area contributed by atoms with Gasteiger partial charge >= 0.3 is 5.97 Å². The van der Waals surface area contributed by atoms with Gasteiger partial charge in [0.1, 0.15) is 0 Å². The van der Waals surface area contributed by atoms with E-state index in [4.69, 9.17) is 16.7 Å². The van der Waals surface area contributed by atoms with Crippen LogP contribution in [0.3, 0.4) is 0 Å². The van der Waals surface area contributed by atoms with E-state index in [1.165, 1.54) is 6.08 Å². The van der Waals surface area contributed by atoms with Gasteiger partial charge in [-0.25, -0.2) is 9.78 Å². The first-order valence-corrected chi connectivity index (χ1v) is 5.01. The van der Waals surface area contributed by atoms with Crippen LogP contribution in [-0.4, -0.2) is 16.1 Å². The van der Waals surface area contributed by atoms with E-state index in [1.54, 1.807) is 12.1 Å². The second-order valence-electron chi connectivity index (χ2n) is 3.22. The zero-order valence-electron chi connectivity index (χ0n) is 8.22. The second-order valence-corrected chi connectivity index (χ2v) is 3.63. The van der Waals surface area contributed by atoms with Crippen molar-refractivity contribution in [3.63, 3.8) is 0 Å². The number of hydrogen-bond acceptors (Lipinski definition) is 2. The van der Waals surface area contributed by atoms with Gasteiger partial charge in [-0.15, -0.1) is 0 Å². The lowest BCUT2D eigenvalue weighted by Crippen LogP contribution is -1.88. The standard InChI is InChI=1S/C12H8ClNO2/c13-10-3-1-2-8-4-5-9(14-12(8)10)6-7-11(15)16/h1-7H,(H,15,16). The van der Waals surface area contributed by atoms with Crippen molar-refractivity contribution >= 4 is 34.5 Å². The Kier molecular flexibility index (Phi) is 2.88. The third kappa shape index (κ3) is 2.20. The number of carboxylic acids is 1. The first-order valence-electron chi connectivity index (χ1n) is 4.63. The van der Waals surface area contributed by atoms with E-state index in [1.807, 2.05) is 18.2 Å². The summed E-state index contributed by atoms with van der Waals surface area (Å²) in [6.07, 6.45) is 2.48. The maximum Gasteiger partial charge on any atom is 0.328 e. The van der Waals surface area contributed by atoms with Gasteiger partial charge in [0.15, 0.2) is 0 Å². The molecule has 0 aliphatic heterocycles. The van der Waals surface area contributed by atoms with Crippen molar-refractivity contribution in [2.45, 2.75) is 0 Å². The molecule has 0 saturated heterocycles. The molecule has 0 bridgehead atoms. The molecule has 80 valence electrons. The Bertz CT molecular complexity index is 578. The number of aliphatic carboxylic acids is 1. The van der Waals surface area contributed by atoms with Crippen LogP contribution >= 0.6 is 11.6 Å². The van der Waals surface area contributed by atoms with Crippen molar-refractivity contribution in [3.05, 3.63) is 47.1 Å². The summed E-state index contributed by atoms with van der Waals surface area (Å²) in [7, 11) is 0. The molecule has 1 aromatic carbocycles. The summed E-state index contributed by atoms with van der Waals surface area (Å²) in [6, 6.07) is 9.10. The van der Waals surface area contributed by atoms with Crippen molar-refractivity contribution in [2.24, 2.45) is 0 Å². The minimum atomic E-state index is -0.999. The lowest BCUT2D eigenvalue weighted by atomic mass is 10.2. The number of nitrogens with zero attached hydrogens (tertiary/aromatic N) is 1. The Morgan fingerprint density at radius 2 is 2.12 bits per heavy atom. The van der Waals surface area contributed by atoms with Gasteiger partial charge in [0.05, 0.1) is 16.2 Å². The van der Waals surface area contributed by atoms with Gasteiger partial charge < -0.3 is 5.11 Å². The second kappa shape index (κ2) is 4.33. The first-order chi connectivity index (χ1) is 7.66. The quantitative estimate of drug-likeness (QED) is 0.812. The first kappa shape index (κ1) is 10.6. The van der Waals surface area contributed by atoms with E-state index >= 15 is 0 Å². The SMILES string of the molecule is O=C(O)C=Cc1ccc2cccc(Cl)c2n1. The highest BCUT2D eigenvalue weighted by atomic mass is 35.5. The summed E-state index contributed by atoms with van der Waals surface area (Å²) in [5.74, 6) is -0.999. The molecule has 0 saturated carbocycles. The van der Waals surface area contributed by atoms with Crippen molar-refractivity contribution in [1.29, 1.82) is 0 Å². The molecule has 0 fully saturated rings. The lowest BCUT2D eigenvalue weighted by Gasteiger charge is -2.00. The van der Waals surface area contributed by atoms with Crippen LogP contribution in [0.25, 0.3) is 17.0 Å². The van der Waals surface area contributed by atoms with E-state index in [0.717, 1.165) is 11.5 Å². The summed E-state index contributed by atoms with van der Waals surface area (Å²) in [4.78, 5) is 14.6. The zero-order chi connectivity index (χ0) is 11.5. The predicted octanol–water partition coefficient (Wildman–Crippen LogP) is 2.99. The van der Waals surface area contributed by atoms with Crippen LogP contribution in [0, 0.1) is 0 Å². The van der Waals surface area contributed by atoms with E-state index in [2.05, 4.69) is 4.98 Å². The number of hydrogen-bond donors (Lipinski definition) is 1. The molecule has 16 heavy (non-hydrogen) atoms. The van der Waals surface area contributed by atoms with Crippen molar-refractivity contribution in [1.82, 2.24) is 4.98 Å². The molecule has 0 atom stereocenters. The Labute approximate surface area is 97.0 Å². The van der Waals surface area contributed by atoms with Gasteiger partial charge in [-0.05, 0) is 18.2 Å². The zero-order valence-corrected chi connectivity index (χ0v) is 8.98. The number of rotatable bonds is 2. The van der Waals surface area contributed by atoms with Crippen LogP contribution in [0.4, 0.5) is 0 Å². The summed E-state index contributed by atoms with van der Waals surface area (Å²) < 4.78 is 0. The molecular weight excluding hydrogens is 226 g/mol. The molecule has 0 aliphatic rings. The summed E-state index contributed by atoms with van der Waals surface area (Å²) >= 11 is 5.99. The molecule has 1 aromatic heterocycles. The van der Waals surface area contributed by atoms with Gasteiger partial charge in [-0.2, -0.15) is 0 Å². The van der Waals surface area contributed by atoms with Crippen LogP contribution in [0.5, 0.6) is 0 Å². The van der Waals surface area contributed by atoms with E-state index in [-0.39, 0.29) is 0 Å². The van der Waals surface area contributed by atoms with Crippen LogP contribution < -0.4 is 0 Å². The third-order valence-corrected chi connectivity index (χ3v) is 2.39. The van der Waals surface area contributed by atoms with Gasteiger partial charge in [0.2, 0.25) is 0 Å². The Morgan fingerprint density at radius 1 is 1.31 bits per heavy atom. The number of carboxylic acid groups (broad SMARTS) is 1. The molecule has 1 heterocycles. The fraction of sp³-hybridized carbons (Fsp3) is 0. The number of carbonyl (C=O) groups is 1. The Balaban J connectivity index is 2.51. The molecule has 2 rings (SSSR count). The maximum atomic E-state index is 10.4. The monoisotopic (exact) mass is 233 g/mol. The van der Waals surface area contributed by atoms with Gasteiger partial charge in [0.25, 0.3) is 0 Å². The number of aromatic nitrogens is 1. The molecule has 0 amide bonds. The molecule has 2 aromatic rings. The summed E-state index contributed by atoms with van der Waals surface area (Å²) in [6.45, 7) is 0. The lowest BCUT2D eigenvalue weighted by molar-refractivity contribution is -0.131. The minimum absolute atomic E-state index is 0.558. The predicted molar refractivity (Wildman–Crippen MR) is 63.4 cm³/mol. The fourth-order valence-corrected chi connectivity index (χ4v) is 1.60. The molecule has 1 N–H and O–H groups in total. The van der Waals surface area contributed by atoms with Crippen LogP contribution in [0.15, 0.2) is 36.4 Å². The van der Waals surface area contributed by atoms with Crippen LogP contribution in [0.2, 0.25) is 5.02 Å². The number of para-hydroxylation sites is 1. The van der Waals surface area contributed by atoms with Crippen molar-refractivity contribution in [3.8, 4) is 0 Å². The van der Waals surface area contributed by atoms with Crippen LogP contribution in [0.1, 0.15) is 5.69 Å². The van der Waals surface area contributed by atoms with Crippen LogP contribution in [-0.2, 0) is 4.79 Å². The largest absolute Gasteiger partial charge is 0.478 e.